The van der Waals surface area contributed by atoms with Gasteiger partial charge in [0.2, 0.25) is 0 Å². The summed E-state index contributed by atoms with van der Waals surface area (Å²) in [6, 6.07) is 13.1. The van der Waals surface area contributed by atoms with Crippen molar-refractivity contribution in [1.29, 1.82) is 0 Å². The predicted octanol–water partition coefficient (Wildman–Crippen LogP) is 7.25. The van der Waals surface area contributed by atoms with Crippen molar-refractivity contribution in [3.05, 3.63) is 107 Å². The van der Waals surface area contributed by atoms with Gasteiger partial charge in [0.15, 0.2) is 11.6 Å². The van der Waals surface area contributed by atoms with E-state index >= 15 is 0 Å². The first kappa shape index (κ1) is 24.0. The second-order valence-electron chi connectivity index (χ2n) is 7.42. The Labute approximate surface area is 187 Å². The second kappa shape index (κ2) is 10.8. The lowest BCUT2D eigenvalue weighted by atomic mass is 9.85. The predicted molar refractivity (Wildman–Crippen MR) is 119 cm³/mol. The molecule has 0 saturated carbocycles. The Hall–Kier alpha value is -3.68. The van der Waals surface area contributed by atoms with E-state index in [0.717, 1.165) is 17.4 Å². The summed E-state index contributed by atoms with van der Waals surface area (Å²) >= 11 is 0. The fourth-order valence-corrected chi connectivity index (χ4v) is 3.61. The van der Waals surface area contributed by atoms with E-state index in [2.05, 4.69) is 9.97 Å². The molecule has 0 saturated heterocycles. The van der Waals surface area contributed by atoms with E-state index in [-0.39, 0.29) is 12.8 Å². The van der Waals surface area contributed by atoms with Gasteiger partial charge in [-0.3, -0.25) is 4.98 Å². The monoisotopic (exact) mass is 459 g/mol. The molecule has 4 rings (SSSR count). The summed E-state index contributed by atoms with van der Waals surface area (Å²) in [7, 11) is 0. The molecule has 172 valence electrons. The number of hydrogen-bond donors (Lipinski definition) is 2. The molecule has 0 aliphatic rings. The topological polar surface area (TPSA) is 54.7 Å². The third kappa shape index (κ3) is 5.97. The molecule has 3 nitrogen and oxygen atoms in total. The molecule has 1 unspecified atom stereocenters. The second-order valence-corrected chi connectivity index (χ2v) is 7.42. The van der Waals surface area contributed by atoms with Crippen LogP contribution in [0.1, 0.15) is 35.4 Å². The summed E-state index contributed by atoms with van der Waals surface area (Å²) in [6.07, 6.45) is 1.63. The largest absolute Gasteiger partial charge is 0.385 e. The van der Waals surface area contributed by atoms with Crippen LogP contribution in [-0.2, 0) is 0 Å². The first-order chi connectivity index (χ1) is 15.8. The number of hydrogen-bond acceptors (Lipinski definition) is 2. The number of nitrogens with zero attached hydrogens (tertiary/aromatic N) is 1. The molecule has 0 aliphatic carbocycles. The van der Waals surface area contributed by atoms with Crippen LogP contribution in [0.5, 0.6) is 0 Å². The summed E-state index contributed by atoms with van der Waals surface area (Å²) in [6.45, 7) is 1.71. The molecule has 0 amide bonds. The van der Waals surface area contributed by atoms with Gasteiger partial charge in [-0.15, -0.1) is 0 Å². The lowest BCUT2D eigenvalue weighted by molar-refractivity contribution is 0.415. The number of anilines is 1. The number of aromatic amines is 1. The maximum atomic E-state index is 14.1. The molecule has 2 heterocycles. The fourth-order valence-electron chi connectivity index (χ4n) is 3.61. The Kier molecular flexibility index (Phi) is 7.82. The summed E-state index contributed by atoms with van der Waals surface area (Å²) in [4.78, 5) is 6.95. The molecule has 0 radical (unpaired) electrons. The smallest absolute Gasteiger partial charge is 0.266 e. The highest BCUT2D eigenvalue weighted by Crippen LogP contribution is 2.35. The van der Waals surface area contributed by atoms with E-state index in [1.165, 1.54) is 17.8 Å². The Bertz CT molecular complexity index is 1230. The number of pyridine rings is 1. The molecule has 0 bridgehead atoms. The molecule has 2 aromatic carbocycles. The van der Waals surface area contributed by atoms with Gasteiger partial charge in [-0.25, -0.2) is 13.2 Å². The number of benzene rings is 2. The number of nitrogens with one attached hydrogen (secondary N) is 1. The SMILES string of the molecule is Cc1ccncc1C(CCC=C(F)F)c1c(F)ccc(F)c1F.Nc1cc2ccccc2[nH]1. The lowest BCUT2D eigenvalue weighted by Gasteiger charge is -2.20. The number of nitrogen functional groups attached to an aromatic ring is 1. The van der Waals surface area contributed by atoms with Gasteiger partial charge in [0.25, 0.3) is 6.08 Å². The Morgan fingerprint density at radius 2 is 1.79 bits per heavy atom. The quantitative estimate of drug-likeness (QED) is 0.244. The zero-order chi connectivity index (χ0) is 24.0. The number of fused-ring (bicyclic) bond motifs is 1. The Morgan fingerprint density at radius 3 is 2.48 bits per heavy atom. The van der Waals surface area contributed by atoms with Gasteiger partial charge in [-0.05, 0) is 67.3 Å². The van der Waals surface area contributed by atoms with E-state index in [4.69, 9.17) is 5.73 Å². The van der Waals surface area contributed by atoms with Crippen molar-refractivity contribution in [1.82, 2.24) is 9.97 Å². The number of allylic oxidation sites excluding steroid dienone is 1. The minimum Gasteiger partial charge on any atom is -0.385 e. The van der Waals surface area contributed by atoms with Crippen LogP contribution in [-0.4, -0.2) is 9.97 Å². The lowest BCUT2D eigenvalue weighted by Crippen LogP contribution is -2.10. The molecule has 0 spiro atoms. The van der Waals surface area contributed by atoms with Crippen LogP contribution in [0.2, 0.25) is 0 Å². The first-order valence-corrected chi connectivity index (χ1v) is 10.2. The van der Waals surface area contributed by atoms with Crippen molar-refractivity contribution in [2.45, 2.75) is 25.7 Å². The van der Waals surface area contributed by atoms with E-state index in [1.54, 1.807) is 13.0 Å². The normalized spacial score (nSPS) is 11.6. The minimum absolute atomic E-state index is 0.00116. The number of aryl methyl sites for hydroxylation is 1. The van der Waals surface area contributed by atoms with Crippen molar-refractivity contribution in [3.63, 3.8) is 0 Å². The third-order valence-corrected chi connectivity index (χ3v) is 5.19. The van der Waals surface area contributed by atoms with E-state index < -0.39 is 35.0 Å². The molecule has 2 aromatic heterocycles. The van der Waals surface area contributed by atoms with Crippen LogP contribution in [0.25, 0.3) is 10.9 Å². The van der Waals surface area contributed by atoms with Gasteiger partial charge in [0, 0.05) is 34.8 Å². The summed E-state index contributed by atoms with van der Waals surface area (Å²) in [5, 5.41) is 1.17. The number of rotatable bonds is 5. The summed E-state index contributed by atoms with van der Waals surface area (Å²) < 4.78 is 66.2. The number of H-pyrrole nitrogens is 1. The van der Waals surface area contributed by atoms with Gasteiger partial charge in [-0.2, -0.15) is 8.78 Å². The van der Waals surface area contributed by atoms with Crippen LogP contribution in [0.15, 0.2) is 73.1 Å². The average molecular weight is 459 g/mol. The van der Waals surface area contributed by atoms with Crippen molar-refractivity contribution in [2.75, 3.05) is 5.73 Å². The van der Waals surface area contributed by atoms with Crippen LogP contribution >= 0.6 is 0 Å². The minimum atomic E-state index is -1.87. The van der Waals surface area contributed by atoms with E-state index in [9.17, 15) is 22.0 Å². The fraction of sp³-hybridized carbons (Fsp3) is 0.160. The molecule has 8 heteroatoms. The Balaban J connectivity index is 0.000000252. The Morgan fingerprint density at radius 1 is 1.06 bits per heavy atom. The zero-order valence-corrected chi connectivity index (χ0v) is 17.8. The van der Waals surface area contributed by atoms with Crippen LogP contribution in [0, 0.1) is 24.4 Å². The van der Waals surface area contributed by atoms with E-state index in [0.29, 0.717) is 23.3 Å². The van der Waals surface area contributed by atoms with E-state index in [1.807, 2.05) is 30.3 Å². The molecule has 33 heavy (non-hydrogen) atoms. The van der Waals surface area contributed by atoms with Gasteiger partial charge < -0.3 is 10.7 Å². The number of halogens is 5. The van der Waals surface area contributed by atoms with Gasteiger partial charge >= 0.3 is 0 Å². The summed E-state index contributed by atoms with van der Waals surface area (Å²) in [5.74, 6) is -3.58. The maximum Gasteiger partial charge on any atom is 0.266 e. The first-order valence-electron chi connectivity index (χ1n) is 10.2. The number of nitrogens with two attached hydrogens (primary N) is 1. The van der Waals surface area contributed by atoms with Gasteiger partial charge in [0.1, 0.15) is 11.6 Å². The van der Waals surface area contributed by atoms with Crippen LogP contribution in [0.4, 0.5) is 27.8 Å². The average Bonchev–Trinajstić information content (AvgIpc) is 3.16. The molecule has 1 atom stereocenters. The van der Waals surface area contributed by atoms with Crippen LogP contribution in [0.3, 0.4) is 0 Å². The highest BCUT2D eigenvalue weighted by Gasteiger charge is 2.25. The van der Waals surface area contributed by atoms with Gasteiger partial charge in [-0.1, -0.05) is 18.2 Å². The molecular weight excluding hydrogens is 437 g/mol. The molecule has 0 aliphatic heterocycles. The van der Waals surface area contributed by atoms with Crippen LogP contribution < -0.4 is 5.73 Å². The molecular formula is C25H22F5N3. The molecule has 0 fully saturated rings. The van der Waals surface area contributed by atoms with Crippen molar-refractivity contribution in [2.24, 2.45) is 0 Å². The number of aromatic nitrogens is 2. The standard InChI is InChI=1S/C17H14F5N.C8H8N2/c1-10-7-8-23-9-12(10)11(3-2-4-15(20)21)16-13(18)5-6-14(19)17(16)22;9-8-5-6-3-1-2-4-7(6)10-8/h4-9,11H,2-3H2,1H3;1-5,10H,9H2. The number of para-hydroxylation sites is 1. The van der Waals surface area contributed by atoms with Crippen molar-refractivity contribution in [3.8, 4) is 0 Å². The van der Waals surface area contributed by atoms with Gasteiger partial charge in [0.05, 0.1) is 0 Å². The van der Waals surface area contributed by atoms with Crippen molar-refractivity contribution >= 4 is 16.7 Å². The highest BCUT2D eigenvalue weighted by atomic mass is 19.3. The zero-order valence-electron chi connectivity index (χ0n) is 17.8. The molecule has 3 N–H and O–H groups in total. The molecule has 4 aromatic rings. The van der Waals surface area contributed by atoms with Crippen molar-refractivity contribution < 1.29 is 22.0 Å². The summed E-state index contributed by atoms with van der Waals surface area (Å²) in [5.41, 5.74) is 7.34. The maximum absolute atomic E-state index is 14.1. The highest BCUT2D eigenvalue weighted by molar-refractivity contribution is 5.83. The third-order valence-electron chi connectivity index (χ3n) is 5.19.